The van der Waals surface area contributed by atoms with Gasteiger partial charge in [0.1, 0.15) is 30.2 Å². The summed E-state index contributed by atoms with van der Waals surface area (Å²) in [6, 6.07) is 3.22. The molecule has 104 valence electrons. The number of hydrogen-bond acceptors (Lipinski definition) is 7. The van der Waals surface area contributed by atoms with Crippen LogP contribution in [0, 0.1) is 0 Å². The summed E-state index contributed by atoms with van der Waals surface area (Å²) < 4.78 is 6.28. The lowest BCUT2D eigenvalue weighted by Crippen LogP contribution is -2.36. The Morgan fingerprint density at radius 3 is 2.79 bits per heavy atom. The minimum absolute atomic E-state index is 0.272. The number of nitrogens with zero attached hydrogens (tertiary/aromatic N) is 3. The maximum Gasteiger partial charge on any atom is 0.151 e. The Labute approximate surface area is 109 Å². The van der Waals surface area contributed by atoms with E-state index in [2.05, 4.69) is 10.1 Å². The van der Waals surface area contributed by atoms with Gasteiger partial charge in [-0.15, -0.1) is 0 Å². The third kappa shape index (κ3) is 2.38. The number of aliphatic hydroxyl groups is 3. The molecule has 8 heteroatoms. The van der Waals surface area contributed by atoms with Gasteiger partial charge in [-0.1, -0.05) is 0 Å². The van der Waals surface area contributed by atoms with Crippen molar-refractivity contribution in [1.82, 2.24) is 14.6 Å². The zero-order chi connectivity index (χ0) is 14.0. The van der Waals surface area contributed by atoms with Crippen molar-refractivity contribution in [3.63, 3.8) is 0 Å². The summed E-state index contributed by atoms with van der Waals surface area (Å²) in [5, 5.41) is 33.1. The first kappa shape index (κ1) is 13.7. The second kappa shape index (κ2) is 5.49. The maximum atomic E-state index is 10.1. The largest absolute Gasteiger partial charge is 0.394 e. The molecule has 5 N–H and O–H groups in total. The van der Waals surface area contributed by atoms with Gasteiger partial charge in [0.25, 0.3) is 0 Å². The summed E-state index contributed by atoms with van der Waals surface area (Å²) >= 11 is 0. The second-order valence-corrected chi connectivity index (χ2v) is 4.09. The lowest BCUT2D eigenvalue weighted by Gasteiger charge is -2.23. The van der Waals surface area contributed by atoms with Crippen molar-refractivity contribution >= 4 is 11.3 Å². The second-order valence-electron chi connectivity index (χ2n) is 4.09. The molecule has 0 aliphatic heterocycles. The van der Waals surface area contributed by atoms with Crippen LogP contribution in [0.1, 0.15) is 11.8 Å². The Morgan fingerprint density at radius 1 is 1.42 bits per heavy atom. The number of hydrogen-bond donors (Lipinski definition) is 4. The molecule has 2 aromatic rings. The predicted octanol–water partition coefficient (Wildman–Crippen LogP) is -1.29. The first-order valence-electron chi connectivity index (χ1n) is 5.68. The molecule has 0 saturated heterocycles. The van der Waals surface area contributed by atoms with Crippen molar-refractivity contribution in [2.24, 2.45) is 0 Å². The van der Waals surface area contributed by atoms with E-state index in [0.717, 1.165) is 0 Å². The lowest BCUT2D eigenvalue weighted by molar-refractivity contribution is -0.0953. The molecule has 8 nitrogen and oxygen atoms in total. The van der Waals surface area contributed by atoms with Crippen LogP contribution in [0.2, 0.25) is 0 Å². The maximum absolute atomic E-state index is 10.1. The van der Waals surface area contributed by atoms with Crippen LogP contribution in [0.15, 0.2) is 18.5 Å². The topological polar surface area (TPSA) is 126 Å². The van der Waals surface area contributed by atoms with Crippen LogP contribution < -0.4 is 5.73 Å². The molecule has 2 rings (SSSR count). The number of ether oxygens (including phenoxy) is 1. The van der Waals surface area contributed by atoms with Gasteiger partial charge in [0, 0.05) is 7.11 Å². The molecule has 2 aromatic heterocycles. The molecule has 0 saturated carbocycles. The van der Waals surface area contributed by atoms with Crippen LogP contribution in [-0.4, -0.2) is 55.8 Å². The number of aromatic nitrogens is 3. The number of nitrogens with two attached hydrogens (primary N) is 1. The molecule has 0 aromatic carbocycles. The minimum atomic E-state index is -1.29. The van der Waals surface area contributed by atoms with Gasteiger partial charge in [0.05, 0.1) is 12.3 Å². The Morgan fingerprint density at radius 2 is 2.16 bits per heavy atom. The van der Waals surface area contributed by atoms with Gasteiger partial charge in [-0.25, -0.2) is 9.50 Å². The first-order chi connectivity index (χ1) is 9.10. The number of methoxy groups -OCH3 is 1. The van der Waals surface area contributed by atoms with Crippen molar-refractivity contribution < 1.29 is 20.1 Å². The molecular weight excluding hydrogens is 252 g/mol. The van der Waals surface area contributed by atoms with Crippen LogP contribution in [-0.2, 0) is 4.74 Å². The fraction of sp³-hybridized carbons (Fsp3) is 0.455. The van der Waals surface area contributed by atoms with Gasteiger partial charge >= 0.3 is 0 Å². The standard InChI is InChI=1S/C11H16N4O4/c1-19-8(4-16)10(18)9(17)6-2-3-7-11(12)13-5-14-15(6)7/h2-3,5,8-10,16-18H,4H2,1H3,(H2,12,13,14)/t8-,9?,10-/m1/s1. The van der Waals surface area contributed by atoms with E-state index in [-0.39, 0.29) is 5.82 Å². The van der Waals surface area contributed by atoms with Gasteiger partial charge in [0.15, 0.2) is 5.82 Å². The number of anilines is 1. The quantitative estimate of drug-likeness (QED) is 0.531. The molecule has 0 bridgehead atoms. The van der Waals surface area contributed by atoms with Crippen LogP contribution in [0.5, 0.6) is 0 Å². The van der Waals surface area contributed by atoms with Crippen molar-refractivity contribution in [2.45, 2.75) is 18.3 Å². The van der Waals surface area contributed by atoms with E-state index in [1.165, 1.54) is 18.0 Å². The Kier molecular flexibility index (Phi) is 3.96. The highest BCUT2D eigenvalue weighted by Gasteiger charge is 2.29. The normalized spacial score (nSPS) is 16.4. The summed E-state index contributed by atoms with van der Waals surface area (Å²) in [5.41, 5.74) is 6.55. The molecule has 0 amide bonds. The van der Waals surface area contributed by atoms with E-state index >= 15 is 0 Å². The van der Waals surface area contributed by atoms with Gasteiger partial charge in [-0.3, -0.25) is 0 Å². The molecule has 3 atom stereocenters. The minimum Gasteiger partial charge on any atom is -0.394 e. The fourth-order valence-corrected chi connectivity index (χ4v) is 1.90. The molecule has 0 spiro atoms. The molecular formula is C11H16N4O4. The molecule has 1 unspecified atom stereocenters. The Hall–Kier alpha value is -1.74. The van der Waals surface area contributed by atoms with Crippen molar-refractivity contribution in [3.05, 3.63) is 24.2 Å². The highest BCUT2D eigenvalue weighted by atomic mass is 16.5. The fourth-order valence-electron chi connectivity index (χ4n) is 1.90. The predicted molar refractivity (Wildman–Crippen MR) is 66.2 cm³/mol. The summed E-state index contributed by atoms with van der Waals surface area (Å²) in [5.74, 6) is 0.272. The van der Waals surface area contributed by atoms with Gasteiger partial charge < -0.3 is 25.8 Å². The Balaban J connectivity index is 2.36. The molecule has 2 heterocycles. The highest BCUT2D eigenvalue weighted by molar-refractivity contribution is 5.65. The smallest absolute Gasteiger partial charge is 0.151 e. The van der Waals surface area contributed by atoms with Crippen molar-refractivity contribution in [1.29, 1.82) is 0 Å². The Bertz CT molecular complexity index is 555. The lowest BCUT2D eigenvalue weighted by atomic mass is 10.1. The average molecular weight is 268 g/mol. The third-order valence-electron chi connectivity index (χ3n) is 3.00. The van der Waals surface area contributed by atoms with E-state index in [9.17, 15) is 10.2 Å². The van der Waals surface area contributed by atoms with E-state index < -0.39 is 24.9 Å². The average Bonchev–Trinajstić information content (AvgIpc) is 2.84. The molecule has 19 heavy (non-hydrogen) atoms. The first-order valence-corrected chi connectivity index (χ1v) is 5.68. The molecule has 0 radical (unpaired) electrons. The van der Waals surface area contributed by atoms with E-state index in [0.29, 0.717) is 11.2 Å². The van der Waals surface area contributed by atoms with E-state index in [4.69, 9.17) is 15.6 Å². The van der Waals surface area contributed by atoms with Crippen molar-refractivity contribution in [3.8, 4) is 0 Å². The van der Waals surface area contributed by atoms with E-state index in [1.807, 2.05) is 0 Å². The van der Waals surface area contributed by atoms with Crippen LogP contribution in [0.4, 0.5) is 5.82 Å². The summed E-state index contributed by atoms with van der Waals surface area (Å²) in [7, 11) is 1.34. The molecule has 0 aliphatic carbocycles. The zero-order valence-corrected chi connectivity index (χ0v) is 10.3. The summed E-state index contributed by atoms with van der Waals surface area (Å²) in [4.78, 5) is 3.83. The monoisotopic (exact) mass is 268 g/mol. The zero-order valence-electron chi connectivity index (χ0n) is 10.3. The number of fused-ring (bicyclic) bond motifs is 1. The van der Waals surface area contributed by atoms with Gasteiger partial charge in [0.2, 0.25) is 0 Å². The van der Waals surface area contributed by atoms with Crippen LogP contribution in [0.25, 0.3) is 5.52 Å². The van der Waals surface area contributed by atoms with Crippen LogP contribution in [0.3, 0.4) is 0 Å². The number of rotatable bonds is 5. The number of aliphatic hydroxyl groups excluding tert-OH is 3. The van der Waals surface area contributed by atoms with Gasteiger partial charge in [-0.2, -0.15) is 5.10 Å². The van der Waals surface area contributed by atoms with Crippen LogP contribution >= 0.6 is 0 Å². The van der Waals surface area contributed by atoms with Gasteiger partial charge in [-0.05, 0) is 12.1 Å². The summed E-state index contributed by atoms with van der Waals surface area (Å²) in [6.07, 6.45) is -2.19. The van der Waals surface area contributed by atoms with E-state index in [1.54, 1.807) is 12.1 Å². The SMILES string of the molecule is CO[C@H](CO)[C@@H](O)C(O)c1ccc2c(N)ncnn12. The molecule has 0 fully saturated rings. The summed E-state index contributed by atoms with van der Waals surface area (Å²) in [6.45, 7) is -0.408. The third-order valence-corrected chi connectivity index (χ3v) is 3.00. The highest BCUT2D eigenvalue weighted by Crippen LogP contribution is 2.23. The van der Waals surface area contributed by atoms with Crippen molar-refractivity contribution in [2.75, 3.05) is 19.5 Å². The number of nitrogen functional groups attached to an aromatic ring is 1. The molecule has 0 aliphatic rings.